The lowest BCUT2D eigenvalue weighted by molar-refractivity contribution is -0.0558. The zero-order valence-corrected chi connectivity index (χ0v) is 21.5. The van der Waals surface area contributed by atoms with Gasteiger partial charge in [0.2, 0.25) is 10.4 Å². The fourth-order valence-corrected chi connectivity index (χ4v) is 9.19. The zero-order chi connectivity index (χ0) is 23.3. The lowest BCUT2D eigenvalue weighted by Gasteiger charge is -2.58. The summed E-state index contributed by atoms with van der Waals surface area (Å²) >= 11 is 0. The Bertz CT molecular complexity index is 870. The summed E-state index contributed by atoms with van der Waals surface area (Å²) in [5, 5.41) is 0. The smallest absolute Gasteiger partial charge is 0.217 e. The van der Waals surface area contributed by atoms with E-state index in [-0.39, 0.29) is 5.41 Å². The van der Waals surface area contributed by atoms with Crippen molar-refractivity contribution >= 4 is 10.4 Å². The molecule has 4 nitrogen and oxygen atoms in total. The van der Waals surface area contributed by atoms with Gasteiger partial charge in [-0.15, -0.1) is 0 Å². The monoisotopic (exact) mass is 463 g/mol. The Hall–Kier alpha value is -0.650. The number of fused-ring (bicyclic) bond motifs is 5. The van der Waals surface area contributed by atoms with E-state index in [0.29, 0.717) is 24.2 Å². The van der Waals surface area contributed by atoms with Gasteiger partial charge in [-0.3, -0.25) is 4.18 Å². The fraction of sp³-hybridized carbons (Fsp3) is 0.852. The van der Waals surface area contributed by atoms with Crippen LogP contribution in [-0.4, -0.2) is 19.1 Å². The Kier molecular flexibility index (Phi) is 6.77. The molecule has 0 unspecified atom stereocenters. The zero-order valence-electron chi connectivity index (χ0n) is 20.7. The number of allylic oxidation sites excluding steroid dienone is 3. The highest BCUT2D eigenvalue weighted by Crippen LogP contribution is 2.67. The fourth-order valence-electron chi connectivity index (χ4n) is 8.69. The van der Waals surface area contributed by atoms with Gasteiger partial charge in [-0.05, 0) is 118 Å². The number of hydrogen-bond donors (Lipinski definition) is 0. The van der Waals surface area contributed by atoms with Gasteiger partial charge in [0, 0.05) is 0 Å². The normalized spacial score (nSPS) is 42.3. The maximum absolute atomic E-state index is 11.1. The van der Waals surface area contributed by atoms with Crippen molar-refractivity contribution in [2.45, 2.75) is 105 Å². The maximum Gasteiger partial charge on any atom is 0.217 e. The van der Waals surface area contributed by atoms with E-state index in [2.05, 4.69) is 46.8 Å². The average molecular weight is 464 g/mol. The van der Waals surface area contributed by atoms with Gasteiger partial charge in [0.15, 0.2) is 0 Å². The molecule has 182 valence electrons. The van der Waals surface area contributed by atoms with Crippen LogP contribution in [0.4, 0.5) is 0 Å². The Morgan fingerprint density at radius 1 is 1.19 bits per heavy atom. The Morgan fingerprint density at radius 2 is 1.94 bits per heavy atom. The first-order valence-corrected chi connectivity index (χ1v) is 14.2. The topological polar surface area (TPSA) is 66.4 Å². The van der Waals surface area contributed by atoms with Crippen LogP contribution in [0.25, 0.3) is 0 Å². The lowest BCUT2D eigenvalue weighted by Crippen LogP contribution is -2.51. The molecule has 0 heterocycles. The standard InChI is InChI=1S/C27H44O4S/c1-18(2)7-6-8-19(3)23-11-12-24-22-10-9-20-17-21(31-32(28,29)30)13-15-26(20,4)25(22)14-16-27(23,24)5/h7,9,19,21-25H,6,8,10-17H2,1-5H3,(H,28,29,30)/p-1/t19-,21+,22+,23-,24+,25+,26+,27-/m1/s1. The van der Waals surface area contributed by atoms with E-state index in [4.69, 9.17) is 4.18 Å². The minimum atomic E-state index is -4.63. The van der Waals surface area contributed by atoms with Gasteiger partial charge >= 0.3 is 0 Å². The van der Waals surface area contributed by atoms with Gasteiger partial charge in [0.05, 0.1) is 6.10 Å². The van der Waals surface area contributed by atoms with Gasteiger partial charge in [-0.1, -0.05) is 44.1 Å². The third-order valence-corrected chi connectivity index (χ3v) is 10.8. The van der Waals surface area contributed by atoms with Crippen LogP contribution in [0, 0.1) is 40.4 Å². The van der Waals surface area contributed by atoms with E-state index in [0.717, 1.165) is 36.5 Å². The van der Waals surface area contributed by atoms with Crippen LogP contribution in [0.15, 0.2) is 23.3 Å². The molecule has 0 aliphatic heterocycles. The van der Waals surface area contributed by atoms with Crippen LogP contribution >= 0.6 is 0 Å². The summed E-state index contributed by atoms with van der Waals surface area (Å²) in [5.41, 5.74) is 3.39. The van der Waals surface area contributed by atoms with Crippen LogP contribution in [0.5, 0.6) is 0 Å². The Balaban J connectivity index is 1.49. The van der Waals surface area contributed by atoms with E-state index >= 15 is 0 Å². The molecule has 0 aromatic rings. The molecule has 5 heteroatoms. The van der Waals surface area contributed by atoms with Crippen LogP contribution in [0.2, 0.25) is 0 Å². The SMILES string of the molecule is CC(C)=CCC[C@@H](C)[C@H]1CC[C@H]2[C@@H]3CC=C4C[C@@H](OS(=O)(=O)[O-])CC[C@]4(C)[C@H]3CC[C@]12C. The summed E-state index contributed by atoms with van der Waals surface area (Å²) in [6.45, 7) is 11.9. The van der Waals surface area contributed by atoms with Crippen molar-refractivity contribution in [1.29, 1.82) is 0 Å². The highest BCUT2D eigenvalue weighted by molar-refractivity contribution is 7.80. The van der Waals surface area contributed by atoms with Crippen LogP contribution < -0.4 is 0 Å². The highest BCUT2D eigenvalue weighted by Gasteiger charge is 2.59. The van der Waals surface area contributed by atoms with Crippen LogP contribution in [0.3, 0.4) is 0 Å². The largest absolute Gasteiger partial charge is 0.726 e. The van der Waals surface area contributed by atoms with Crippen molar-refractivity contribution in [1.82, 2.24) is 0 Å². The maximum atomic E-state index is 11.1. The second-order valence-corrected chi connectivity index (χ2v) is 13.2. The molecule has 4 rings (SSSR count). The average Bonchev–Trinajstić information content (AvgIpc) is 3.04. The van der Waals surface area contributed by atoms with E-state index in [1.165, 1.54) is 49.7 Å². The third kappa shape index (κ3) is 4.51. The lowest BCUT2D eigenvalue weighted by atomic mass is 9.47. The first kappa shape index (κ1) is 24.5. The second-order valence-electron chi connectivity index (χ2n) is 12.2. The molecular formula is C27H43O4S-. The summed E-state index contributed by atoms with van der Waals surface area (Å²) in [7, 11) is -4.63. The molecule has 0 aromatic carbocycles. The van der Waals surface area contributed by atoms with E-state index in [9.17, 15) is 13.0 Å². The Labute approximate surface area is 196 Å². The summed E-state index contributed by atoms with van der Waals surface area (Å²) in [6, 6.07) is 0. The minimum absolute atomic E-state index is 0.143. The van der Waals surface area contributed by atoms with E-state index in [1.54, 1.807) is 0 Å². The van der Waals surface area contributed by atoms with Gasteiger partial charge < -0.3 is 4.55 Å². The van der Waals surface area contributed by atoms with E-state index in [1.807, 2.05) is 0 Å². The van der Waals surface area contributed by atoms with Crippen molar-refractivity contribution in [2.75, 3.05) is 0 Å². The summed E-state index contributed by atoms with van der Waals surface area (Å²) in [5.74, 6) is 3.86. The van der Waals surface area contributed by atoms with Gasteiger partial charge in [0.1, 0.15) is 0 Å². The van der Waals surface area contributed by atoms with Crippen molar-refractivity contribution in [3.05, 3.63) is 23.3 Å². The predicted molar refractivity (Wildman–Crippen MR) is 128 cm³/mol. The molecule has 0 bridgehead atoms. The second kappa shape index (κ2) is 8.85. The predicted octanol–water partition coefficient (Wildman–Crippen LogP) is 6.79. The molecule has 4 aliphatic carbocycles. The van der Waals surface area contributed by atoms with Crippen molar-refractivity contribution in [2.24, 2.45) is 40.4 Å². The van der Waals surface area contributed by atoms with Gasteiger partial charge in [0.25, 0.3) is 0 Å². The number of hydrogen-bond acceptors (Lipinski definition) is 4. The molecule has 0 saturated heterocycles. The molecule has 3 saturated carbocycles. The highest BCUT2D eigenvalue weighted by atomic mass is 32.3. The summed E-state index contributed by atoms with van der Waals surface area (Å²) in [6.07, 6.45) is 15.5. The van der Waals surface area contributed by atoms with Gasteiger partial charge in [-0.2, -0.15) is 0 Å². The van der Waals surface area contributed by atoms with Crippen molar-refractivity contribution in [3.63, 3.8) is 0 Å². The molecule has 3 fully saturated rings. The number of rotatable bonds is 6. The molecule has 0 amide bonds. The van der Waals surface area contributed by atoms with Gasteiger partial charge in [-0.25, -0.2) is 8.42 Å². The molecule has 0 aromatic heterocycles. The van der Waals surface area contributed by atoms with Crippen molar-refractivity contribution in [3.8, 4) is 0 Å². The first-order valence-electron chi connectivity index (χ1n) is 12.9. The molecule has 4 aliphatic rings. The third-order valence-electron chi connectivity index (χ3n) is 10.2. The van der Waals surface area contributed by atoms with Crippen molar-refractivity contribution < 1.29 is 17.2 Å². The molecule has 8 atom stereocenters. The minimum Gasteiger partial charge on any atom is -0.726 e. The molecule has 32 heavy (non-hydrogen) atoms. The van der Waals surface area contributed by atoms with Crippen LogP contribution in [-0.2, 0) is 14.6 Å². The molecule has 0 spiro atoms. The first-order chi connectivity index (χ1) is 14.9. The summed E-state index contributed by atoms with van der Waals surface area (Å²) < 4.78 is 38.2. The summed E-state index contributed by atoms with van der Waals surface area (Å²) in [4.78, 5) is 0. The van der Waals surface area contributed by atoms with Crippen LogP contribution in [0.1, 0.15) is 98.8 Å². The quantitative estimate of drug-likeness (QED) is 0.247. The Morgan fingerprint density at radius 3 is 2.62 bits per heavy atom. The molecular weight excluding hydrogens is 420 g/mol. The molecule has 0 N–H and O–H groups in total. The molecule has 0 radical (unpaired) electrons. The van der Waals surface area contributed by atoms with E-state index < -0.39 is 16.5 Å².